The molecule has 0 atom stereocenters. The predicted octanol–water partition coefficient (Wildman–Crippen LogP) is 2.22. The smallest absolute Gasteiger partial charge is 0.279 e. The van der Waals surface area contributed by atoms with Crippen LogP contribution in [0.3, 0.4) is 0 Å². The first-order valence-corrected chi connectivity index (χ1v) is 3.98. The summed E-state index contributed by atoms with van der Waals surface area (Å²) in [5.74, 6) is 0. The third-order valence-corrected chi connectivity index (χ3v) is 1.93. The standard InChI is InChI=1S/C9H4F3N3/c10-9(11,12)7-2-1-3-8-14-5-6(4-13)15(7)8/h1-3,5H. The highest BCUT2D eigenvalue weighted by Crippen LogP contribution is 2.30. The maximum absolute atomic E-state index is 12.6. The molecule has 0 spiro atoms. The topological polar surface area (TPSA) is 41.1 Å². The molecule has 76 valence electrons. The second-order valence-corrected chi connectivity index (χ2v) is 2.86. The number of halogens is 3. The van der Waals surface area contributed by atoms with Crippen LogP contribution in [0.2, 0.25) is 0 Å². The quantitative estimate of drug-likeness (QED) is 0.670. The zero-order valence-electron chi connectivity index (χ0n) is 7.28. The van der Waals surface area contributed by atoms with Crippen LogP contribution in [0.25, 0.3) is 5.65 Å². The number of rotatable bonds is 0. The Morgan fingerprint density at radius 3 is 2.67 bits per heavy atom. The summed E-state index contributed by atoms with van der Waals surface area (Å²) in [5, 5.41) is 8.64. The molecule has 0 fully saturated rings. The number of alkyl halides is 3. The maximum Gasteiger partial charge on any atom is 0.431 e. The van der Waals surface area contributed by atoms with E-state index in [1.807, 2.05) is 0 Å². The average molecular weight is 211 g/mol. The summed E-state index contributed by atoms with van der Waals surface area (Å²) in [4.78, 5) is 3.70. The molecule has 0 unspecified atom stereocenters. The molecule has 0 saturated heterocycles. The van der Waals surface area contributed by atoms with E-state index in [0.717, 1.165) is 16.7 Å². The average Bonchev–Trinajstić information content (AvgIpc) is 2.58. The van der Waals surface area contributed by atoms with Gasteiger partial charge in [0.05, 0.1) is 6.20 Å². The summed E-state index contributed by atoms with van der Waals surface area (Å²) in [7, 11) is 0. The molecule has 0 radical (unpaired) electrons. The van der Waals surface area contributed by atoms with Crippen molar-refractivity contribution in [2.45, 2.75) is 6.18 Å². The zero-order valence-corrected chi connectivity index (χ0v) is 7.28. The van der Waals surface area contributed by atoms with Crippen LogP contribution in [0.15, 0.2) is 24.4 Å². The Morgan fingerprint density at radius 1 is 1.33 bits per heavy atom. The van der Waals surface area contributed by atoms with Gasteiger partial charge in [-0.1, -0.05) is 6.07 Å². The maximum atomic E-state index is 12.6. The molecule has 0 aliphatic carbocycles. The van der Waals surface area contributed by atoms with Gasteiger partial charge in [-0.2, -0.15) is 18.4 Å². The van der Waals surface area contributed by atoms with E-state index in [1.165, 1.54) is 12.1 Å². The third-order valence-electron chi connectivity index (χ3n) is 1.93. The second kappa shape index (κ2) is 2.98. The summed E-state index contributed by atoms with van der Waals surface area (Å²) < 4.78 is 38.5. The highest BCUT2D eigenvalue weighted by molar-refractivity contribution is 5.45. The first-order valence-electron chi connectivity index (χ1n) is 3.98. The van der Waals surface area contributed by atoms with Crippen molar-refractivity contribution in [3.05, 3.63) is 35.8 Å². The molecule has 2 rings (SSSR count). The van der Waals surface area contributed by atoms with Crippen LogP contribution < -0.4 is 0 Å². The molecule has 0 N–H and O–H groups in total. The van der Waals surface area contributed by atoms with Gasteiger partial charge in [0.25, 0.3) is 0 Å². The Bertz CT molecular complexity index is 548. The summed E-state index contributed by atoms with van der Waals surface area (Å²) in [6.45, 7) is 0. The van der Waals surface area contributed by atoms with Crippen molar-refractivity contribution in [2.24, 2.45) is 0 Å². The SMILES string of the molecule is N#Cc1cnc2cccc(C(F)(F)F)n12. The fourth-order valence-electron chi connectivity index (χ4n) is 1.34. The number of hydrogen-bond acceptors (Lipinski definition) is 2. The normalized spacial score (nSPS) is 11.6. The van der Waals surface area contributed by atoms with Gasteiger partial charge in [-0.15, -0.1) is 0 Å². The Balaban J connectivity index is 2.86. The van der Waals surface area contributed by atoms with Gasteiger partial charge in [-0.05, 0) is 12.1 Å². The lowest BCUT2D eigenvalue weighted by atomic mass is 10.3. The fourth-order valence-corrected chi connectivity index (χ4v) is 1.34. The van der Waals surface area contributed by atoms with Gasteiger partial charge in [-0.3, -0.25) is 4.40 Å². The van der Waals surface area contributed by atoms with Crippen molar-refractivity contribution >= 4 is 5.65 Å². The zero-order chi connectivity index (χ0) is 11.1. The number of fused-ring (bicyclic) bond motifs is 1. The molecule has 3 nitrogen and oxygen atoms in total. The number of nitrogens with zero attached hydrogens (tertiary/aromatic N) is 3. The van der Waals surface area contributed by atoms with Crippen molar-refractivity contribution in [2.75, 3.05) is 0 Å². The van der Waals surface area contributed by atoms with E-state index in [-0.39, 0.29) is 11.3 Å². The van der Waals surface area contributed by atoms with Crippen LogP contribution in [-0.4, -0.2) is 9.38 Å². The van der Waals surface area contributed by atoms with E-state index in [1.54, 1.807) is 6.07 Å². The summed E-state index contributed by atoms with van der Waals surface area (Å²) in [5.41, 5.74) is -0.909. The highest BCUT2D eigenvalue weighted by Gasteiger charge is 2.34. The summed E-state index contributed by atoms with van der Waals surface area (Å²) >= 11 is 0. The van der Waals surface area contributed by atoms with E-state index < -0.39 is 11.9 Å². The van der Waals surface area contributed by atoms with Crippen molar-refractivity contribution < 1.29 is 13.2 Å². The van der Waals surface area contributed by atoms with Gasteiger partial charge in [0, 0.05) is 0 Å². The van der Waals surface area contributed by atoms with E-state index in [0.29, 0.717) is 0 Å². The van der Waals surface area contributed by atoms with Crippen molar-refractivity contribution in [3.8, 4) is 6.07 Å². The van der Waals surface area contributed by atoms with Crippen LogP contribution in [0, 0.1) is 11.3 Å². The molecule has 0 aromatic carbocycles. The molecule has 0 aliphatic rings. The van der Waals surface area contributed by atoms with Crippen molar-refractivity contribution in [1.82, 2.24) is 9.38 Å². The number of nitriles is 1. The molecule has 0 amide bonds. The van der Waals surface area contributed by atoms with Gasteiger partial charge >= 0.3 is 6.18 Å². The van der Waals surface area contributed by atoms with E-state index in [4.69, 9.17) is 5.26 Å². The lowest BCUT2D eigenvalue weighted by molar-refractivity contribution is -0.142. The minimum Gasteiger partial charge on any atom is -0.279 e. The Morgan fingerprint density at radius 2 is 2.07 bits per heavy atom. The lowest BCUT2D eigenvalue weighted by Gasteiger charge is -2.09. The molecule has 6 heteroatoms. The Kier molecular flexibility index (Phi) is 1.89. The van der Waals surface area contributed by atoms with Crippen LogP contribution in [0.4, 0.5) is 13.2 Å². The van der Waals surface area contributed by atoms with Gasteiger partial charge in [0.15, 0.2) is 0 Å². The molecule has 2 heterocycles. The van der Waals surface area contributed by atoms with Crippen molar-refractivity contribution in [3.63, 3.8) is 0 Å². The number of aromatic nitrogens is 2. The minimum absolute atomic E-state index is 0.112. The molecule has 0 saturated carbocycles. The number of imidazole rings is 1. The molecule has 0 bridgehead atoms. The second-order valence-electron chi connectivity index (χ2n) is 2.86. The largest absolute Gasteiger partial charge is 0.431 e. The van der Waals surface area contributed by atoms with E-state index >= 15 is 0 Å². The highest BCUT2D eigenvalue weighted by atomic mass is 19.4. The Labute approximate surface area is 82.4 Å². The van der Waals surface area contributed by atoms with E-state index in [9.17, 15) is 13.2 Å². The van der Waals surface area contributed by atoms with Gasteiger partial charge in [0.2, 0.25) is 0 Å². The molecule has 15 heavy (non-hydrogen) atoms. The summed E-state index contributed by atoms with van der Waals surface area (Å²) in [6, 6.07) is 5.24. The van der Waals surface area contributed by atoms with Gasteiger partial charge < -0.3 is 0 Å². The van der Waals surface area contributed by atoms with Crippen molar-refractivity contribution in [1.29, 1.82) is 5.26 Å². The van der Waals surface area contributed by atoms with Gasteiger partial charge in [-0.25, -0.2) is 4.98 Å². The molecular weight excluding hydrogens is 207 g/mol. The summed E-state index contributed by atoms with van der Waals surface area (Å²) in [6.07, 6.45) is -3.38. The minimum atomic E-state index is -4.49. The lowest BCUT2D eigenvalue weighted by Crippen LogP contribution is -2.12. The first-order chi connectivity index (χ1) is 7.04. The van der Waals surface area contributed by atoms with Crippen LogP contribution >= 0.6 is 0 Å². The van der Waals surface area contributed by atoms with E-state index in [2.05, 4.69) is 4.98 Å². The number of hydrogen-bond donors (Lipinski definition) is 0. The fraction of sp³-hybridized carbons (Fsp3) is 0.111. The van der Waals surface area contributed by atoms with Gasteiger partial charge in [0.1, 0.15) is 23.1 Å². The molecular formula is C9H4F3N3. The molecule has 2 aromatic rings. The third kappa shape index (κ3) is 1.42. The molecule has 2 aromatic heterocycles. The molecule has 0 aliphatic heterocycles. The Hall–Kier alpha value is -2.03. The first kappa shape index (κ1) is 9.52. The van der Waals surface area contributed by atoms with Crippen LogP contribution in [0.5, 0.6) is 0 Å². The number of pyridine rings is 1. The predicted molar refractivity (Wildman–Crippen MR) is 44.9 cm³/mol. The van der Waals surface area contributed by atoms with Crippen LogP contribution in [-0.2, 0) is 6.18 Å². The monoisotopic (exact) mass is 211 g/mol. The van der Waals surface area contributed by atoms with Crippen LogP contribution in [0.1, 0.15) is 11.4 Å².